The van der Waals surface area contributed by atoms with Crippen molar-refractivity contribution < 1.29 is 4.39 Å². The van der Waals surface area contributed by atoms with Crippen LogP contribution in [0.15, 0.2) is 18.3 Å². The maximum atomic E-state index is 13.3. The van der Waals surface area contributed by atoms with E-state index in [4.69, 9.17) is 18.0 Å². The molecule has 1 aliphatic rings. The van der Waals surface area contributed by atoms with Gasteiger partial charge in [-0.3, -0.25) is 4.98 Å². The zero-order chi connectivity index (χ0) is 9.47. The minimum atomic E-state index is -0.444. The van der Waals surface area contributed by atoms with Crippen molar-refractivity contribution in [1.82, 2.24) is 4.98 Å². The third-order valence-electron chi connectivity index (χ3n) is 2.43. The quantitative estimate of drug-likeness (QED) is 0.729. The molecule has 0 aromatic carbocycles. The molecule has 0 bridgehead atoms. The topological polar surface area (TPSA) is 38.9 Å². The number of rotatable bonds is 2. The van der Waals surface area contributed by atoms with Crippen molar-refractivity contribution in [3.8, 4) is 0 Å². The smallest absolute Gasteiger partial charge is 0.145 e. The normalized spacial score (nSPS) is 18.2. The van der Waals surface area contributed by atoms with Gasteiger partial charge in [0.2, 0.25) is 0 Å². The van der Waals surface area contributed by atoms with Gasteiger partial charge in [-0.15, -0.1) is 0 Å². The number of hydrogen-bond acceptors (Lipinski definition) is 2. The molecule has 0 unspecified atom stereocenters. The van der Waals surface area contributed by atoms with E-state index in [9.17, 15) is 4.39 Å². The Kier molecular flexibility index (Phi) is 1.80. The molecule has 1 aromatic heterocycles. The number of hydrogen-bond donors (Lipinski definition) is 1. The average molecular weight is 196 g/mol. The second kappa shape index (κ2) is 2.73. The first kappa shape index (κ1) is 8.56. The van der Waals surface area contributed by atoms with Crippen molar-refractivity contribution in [2.75, 3.05) is 0 Å². The molecular formula is C9H9FN2S. The first-order valence-corrected chi connectivity index (χ1v) is 4.48. The zero-order valence-electron chi connectivity index (χ0n) is 6.96. The Labute approximate surface area is 81.0 Å². The van der Waals surface area contributed by atoms with Crippen molar-refractivity contribution >= 4 is 17.2 Å². The molecule has 1 heterocycles. The summed E-state index contributed by atoms with van der Waals surface area (Å²) in [5.41, 5.74) is 5.52. The van der Waals surface area contributed by atoms with Gasteiger partial charge in [0.25, 0.3) is 0 Å². The predicted molar refractivity (Wildman–Crippen MR) is 51.9 cm³/mol. The summed E-state index contributed by atoms with van der Waals surface area (Å²) in [7, 11) is 0. The summed E-state index contributed by atoms with van der Waals surface area (Å²) in [5, 5.41) is 0. The highest BCUT2D eigenvalue weighted by Crippen LogP contribution is 2.48. The summed E-state index contributed by atoms with van der Waals surface area (Å²) in [6.45, 7) is 0. The van der Waals surface area contributed by atoms with Crippen LogP contribution in [0, 0.1) is 5.82 Å². The monoisotopic (exact) mass is 196 g/mol. The van der Waals surface area contributed by atoms with Gasteiger partial charge in [-0.1, -0.05) is 12.2 Å². The van der Waals surface area contributed by atoms with Gasteiger partial charge < -0.3 is 5.73 Å². The maximum absolute atomic E-state index is 13.3. The minimum absolute atomic E-state index is 0.312. The van der Waals surface area contributed by atoms with E-state index in [0.29, 0.717) is 10.7 Å². The molecule has 0 atom stereocenters. The number of halogens is 1. The van der Waals surface area contributed by atoms with Crippen molar-refractivity contribution in [1.29, 1.82) is 0 Å². The van der Waals surface area contributed by atoms with E-state index in [2.05, 4.69) is 4.98 Å². The van der Waals surface area contributed by atoms with E-state index in [0.717, 1.165) is 12.8 Å². The molecule has 13 heavy (non-hydrogen) atoms. The lowest BCUT2D eigenvalue weighted by molar-refractivity contribution is 0.589. The van der Waals surface area contributed by atoms with Crippen LogP contribution in [-0.4, -0.2) is 9.97 Å². The van der Waals surface area contributed by atoms with Gasteiger partial charge in [0.1, 0.15) is 5.82 Å². The molecule has 0 spiro atoms. The fourth-order valence-electron chi connectivity index (χ4n) is 1.46. The summed E-state index contributed by atoms with van der Waals surface area (Å²) in [6.07, 6.45) is 3.20. The van der Waals surface area contributed by atoms with Crippen molar-refractivity contribution in [3.05, 3.63) is 29.8 Å². The van der Waals surface area contributed by atoms with Crippen molar-refractivity contribution in [2.24, 2.45) is 5.73 Å². The molecule has 1 fully saturated rings. The van der Waals surface area contributed by atoms with Gasteiger partial charge >= 0.3 is 0 Å². The molecule has 1 aliphatic carbocycles. The average Bonchev–Trinajstić information content (AvgIpc) is 2.85. The molecule has 0 radical (unpaired) electrons. The molecule has 4 heteroatoms. The number of pyridine rings is 1. The molecule has 68 valence electrons. The van der Waals surface area contributed by atoms with Gasteiger partial charge in [0, 0.05) is 6.20 Å². The fourth-order valence-corrected chi connectivity index (χ4v) is 1.76. The lowest BCUT2D eigenvalue weighted by Crippen LogP contribution is -2.28. The molecule has 0 amide bonds. The van der Waals surface area contributed by atoms with Gasteiger partial charge in [0.05, 0.1) is 16.1 Å². The van der Waals surface area contributed by atoms with Gasteiger partial charge in [-0.2, -0.15) is 0 Å². The Bertz CT molecular complexity index is 360. The van der Waals surface area contributed by atoms with Crippen LogP contribution in [0.3, 0.4) is 0 Å². The molecular weight excluding hydrogens is 187 g/mol. The highest BCUT2D eigenvalue weighted by molar-refractivity contribution is 7.80. The summed E-state index contributed by atoms with van der Waals surface area (Å²) >= 11 is 4.91. The van der Waals surface area contributed by atoms with E-state index in [1.807, 2.05) is 0 Å². The third-order valence-corrected chi connectivity index (χ3v) is 2.82. The highest BCUT2D eigenvalue weighted by Gasteiger charge is 2.50. The lowest BCUT2D eigenvalue weighted by Gasteiger charge is -2.12. The number of thiocarbonyl (C=S) groups is 1. The molecule has 0 aliphatic heterocycles. The Balaban J connectivity index is 2.47. The molecule has 2 nitrogen and oxygen atoms in total. The molecule has 2 N–H and O–H groups in total. The van der Waals surface area contributed by atoms with Gasteiger partial charge in [-0.05, 0) is 25.0 Å². The first-order valence-electron chi connectivity index (χ1n) is 4.08. The standard InChI is InChI=1S/C9H9FN2S/c10-6-2-1-5-12-7(6)9(3-4-9)8(11)13/h1-2,5H,3-4H2,(H2,11,13). The SMILES string of the molecule is NC(=S)C1(c2ncccc2F)CC1. The Morgan fingerprint density at radius 2 is 2.31 bits per heavy atom. The Hall–Kier alpha value is -1.03. The summed E-state index contributed by atoms with van der Waals surface area (Å²) in [6, 6.07) is 2.95. The molecule has 1 saturated carbocycles. The van der Waals surface area contributed by atoms with Crippen LogP contribution in [0.5, 0.6) is 0 Å². The second-order valence-electron chi connectivity index (χ2n) is 3.28. The second-order valence-corrected chi connectivity index (χ2v) is 3.72. The minimum Gasteiger partial charge on any atom is -0.393 e. The number of nitrogens with two attached hydrogens (primary N) is 1. The third kappa shape index (κ3) is 1.21. The summed E-state index contributed by atoms with van der Waals surface area (Å²) in [4.78, 5) is 4.34. The van der Waals surface area contributed by atoms with Crippen molar-refractivity contribution in [2.45, 2.75) is 18.3 Å². The van der Waals surface area contributed by atoms with E-state index in [1.165, 1.54) is 6.07 Å². The molecule has 0 saturated heterocycles. The van der Waals surface area contributed by atoms with E-state index >= 15 is 0 Å². The van der Waals surface area contributed by atoms with E-state index < -0.39 is 5.41 Å². The van der Waals surface area contributed by atoms with Crippen molar-refractivity contribution in [3.63, 3.8) is 0 Å². The van der Waals surface area contributed by atoms with E-state index in [1.54, 1.807) is 12.3 Å². The van der Waals surface area contributed by atoms with Crippen LogP contribution in [0.2, 0.25) is 0 Å². The summed E-state index contributed by atoms with van der Waals surface area (Å²) in [5.74, 6) is -0.312. The van der Waals surface area contributed by atoms with Crippen LogP contribution < -0.4 is 5.73 Å². The van der Waals surface area contributed by atoms with Crippen LogP contribution >= 0.6 is 12.2 Å². The van der Waals surface area contributed by atoms with Crippen LogP contribution in [0.25, 0.3) is 0 Å². The Morgan fingerprint density at radius 1 is 1.62 bits per heavy atom. The zero-order valence-corrected chi connectivity index (χ0v) is 7.77. The van der Waals surface area contributed by atoms with Gasteiger partial charge in [0.15, 0.2) is 0 Å². The maximum Gasteiger partial charge on any atom is 0.145 e. The first-order chi connectivity index (χ1) is 6.17. The molecule has 2 rings (SSSR count). The number of aromatic nitrogens is 1. The van der Waals surface area contributed by atoms with Gasteiger partial charge in [-0.25, -0.2) is 4.39 Å². The van der Waals surface area contributed by atoms with Crippen LogP contribution in [0.1, 0.15) is 18.5 Å². The predicted octanol–water partition coefficient (Wildman–Crippen LogP) is 1.54. The number of nitrogens with zero attached hydrogens (tertiary/aromatic N) is 1. The summed E-state index contributed by atoms with van der Waals surface area (Å²) < 4.78 is 13.3. The largest absolute Gasteiger partial charge is 0.393 e. The van der Waals surface area contributed by atoms with E-state index in [-0.39, 0.29) is 5.82 Å². The Morgan fingerprint density at radius 3 is 2.77 bits per heavy atom. The fraction of sp³-hybridized carbons (Fsp3) is 0.333. The van der Waals surface area contributed by atoms with Crippen LogP contribution in [-0.2, 0) is 5.41 Å². The lowest BCUT2D eigenvalue weighted by atomic mass is 10.0. The highest BCUT2D eigenvalue weighted by atomic mass is 32.1. The van der Waals surface area contributed by atoms with Crippen LogP contribution in [0.4, 0.5) is 4.39 Å². The molecule has 1 aromatic rings.